The molecular formula is C23H28N2O3S. The molecule has 1 fully saturated rings. The molecule has 29 heavy (non-hydrogen) atoms. The largest absolute Gasteiger partial charge is 0.332 e. The number of nitrogens with zero attached hydrogens (tertiary/aromatic N) is 2. The Balaban J connectivity index is 1.55. The molecule has 0 radical (unpaired) electrons. The second kappa shape index (κ2) is 7.58. The predicted octanol–water partition coefficient (Wildman–Crippen LogP) is 3.60. The first kappa shape index (κ1) is 20.1. The highest BCUT2D eigenvalue weighted by Crippen LogP contribution is 2.41. The molecule has 0 heterocycles. The van der Waals surface area contributed by atoms with Crippen LogP contribution in [0.1, 0.15) is 47.6 Å². The van der Waals surface area contributed by atoms with Crippen molar-refractivity contribution in [3.05, 3.63) is 64.7 Å². The van der Waals surface area contributed by atoms with E-state index in [9.17, 15) is 13.2 Å². The third-order valence-electron chi connectivity index (χ3n) is 6.21. The SMILES string of the molecule is Cc1ccc(S(=O)(=O)N(C)CC(=O)N(C2CC2)C2CCc3ccccc32)cc1C. The van der Waals surface area contributed by atoms with Crippen molar-refractivity contribution < 1.29 is 13.2 Å². The Bertz CT molecular complexity index is 1040. The van der Waals surface area contributed by atoms with Gasteiger partial charge >= 0.3 is 0 Å². The fraction of sp³-hybridized carbons (Fsp3) is 0.435. The lowest BCUT2D eigenvalue weighted by molar-refractivity contribution is -0.134. The Morgan fingerprint density at radius 1 is 1.03 bits per heavy atom. The van der Waals surface area contributed by atoms with E-state index in [1.54, 1.807) is 12.1 Å². The van der Waals surface area contributed by atoms with Gasteiger partial charge in [-0.15, -0.1) is 0 Å². The second-order valence-electron chi connectivity index (χ2n) is 8.29. The molecule has 0 bridgehead atoms. The maximum atomic E-state index is 13.3. The monoisotopic (exact) mass is 412 g/mol. The number of sulfonamides is 1. The fourth-order valence-electron chi connectivity index (χ4n) is 4.22. The zero-order chi connectivity index (χ0) is 20.8. The molecule has 0 aliphatic heterocycles. The van der Waals surface area contributed by atoms with E-state index in [-0.39, 0.29) is 29.4 Å². The summed E-state index contributed by atoms with van der Waals surface area (Å²) in [5.41, 5.74) is 4.48. The topological polar surface area (TPSA) is 57.7 Å². The van der Waals surface area contributed by atoms with Gasteiger partial charge in [-0.2, -0.15) is 4.31 Å². The van der Waals surface area contributed by atoms with Crippen LogP contribution in [0.2, 0.25) is 0 Å². The summed E-state index contributed by atoms with van der Waals surface area (Å²) in [6.45, 7) is 3.71. The van der Waals surface area contributed by atoms with Crippen LogP contribution in [0.3, 0.4) is 0 Å². The molecule has 2 aromatic rings. The van der Waals surface area contributed by atoms with Crippen LogP contribution in [0.5, 0.6) is 0 Å². The number of rotatable bonds is 6. The Labute approximate surface area is 173 Å². The lowest BCUT2D eigenvalue weighted by atomic mass is 10.1. The van der Waals surface area contributed by atoms with Crippen LogP contribution >= 0.6 is 0 Å². The second-order valence-corrected chi connectivity index (χ2v) is 10.3. The lowest BCUT2D eigenvalue weighted by Crippen LogP contribution is -2.43. The van der Waals surface area contributed by atoms with E-state index in [2.05, 4.69) is 12.1 Å². The number of likely N-dealkylation sites (N-methyl/N-ethyl adjacent to an activating group) is 1. The van der Waals surface area contributed by atoms with Crippen molar-refractivity contribution in [1.82, 2.24) is 9.21 Å². The summed E-state index contributed by atoms with van der Waals surface area (Å²) in [4.78, 5) is 15.4. The van der Waals surface area contributed by atoms with Crippen molar-refractivity contribution in [3.63, 3.8) is 0 Å². The van der Waals surface area contributed by atoms with Crippen molar-refractivity contribution in [3.8, 4) is 0 Å². The van der Waals surface area contributed by atoms with E-state index in [0.717, 1.165) is 36.8 Å². The van der Waals surface area contributed by atoms with E-state index in [1.807, 2.05) is 36.9 Å². The van der Waals surface area contributed by atoms with Crippen LogP contribution in [-0.2, 0) is 21.2 Å². The minimum absolute atomic E-state index is 0.0592. The van der Waals surface area contributed by atoms with Gasteiger partial charge < -0.3 is 4.90 Å². The van der Waals surface area contributed by atoms with Crippen molar-refractivity contribution in [2.24, 2.45) is 0 Å². The first-order valence-corrected chi connectivity index (χ1v) is 11.7. The van der Waals surface area contributed by atoms with Gasteiger partial charge in [0, 0.05) is 13.1 Å². The minimum Gasteiger partial charge on any atom is -0.332 e. The minimum atomic E-state index is -3.71. The molecule has 0 saturated heterocycles. The van der Waals surface area contributed by atoms with Gasteiger partial charge in [-0.1, -0.05) is 30.3 Å². The van der Waals surface area contributed by atoms with Crippen LogP contribution in [0.25, 0.3) is 0 Å². The molecule has 2 aromatic carbocycles. The smallest absolute Gasteiger partial charge is 0.243 e. The molecule has 1 amide bonds. The van der Waals surface area contributed by atoms with Crippen molar-refractivity contribution in [1.29, 1.82) is 0 Å². The van der Waals surface area contributed by atoms with E-state index in [4.69, 9.17) is 0 Å². The number of aryl methyl sites for hydroxylation is 3. The van der Waals surface area contributed by atoms with Gasteiger partial charge in [0.05, 0.1) is 17.5 Å². The fourth-order valence-corrected chi connectivity index (χ4v) is 5.43. The van der Waals surface area contributed by atoms with Gasteiger partial charge in [0.2, 0.25) is 15.9 Å². The van der Waals surface area contributed by atoms with E-state index in [1.165, 1.54) is 22.5 Å². The average molecular weight is 413 g/mol. The van der Waals surface area contributed by atoms with E-state index < -0.39 is 10.0 Å². The molecule has 2 aliphatic carbocycles. The highest BCUT2D eigenvalue weighted by Gasteiger charge is 2.41. The normalized spacial score (nSPS) is 18.7. The Hall–Kier alpha value is -2.18. The third kappa shape index (κ3) is 3.83. The molecule has 1 unspecified atom stereocenters. The zero-order valence-electron chi connectivity index (χ0n) is 17.3. The van der Waals surface area contributed by atoms with Crippen LogP contribution in [0.4, 0.5) is 0 Å². The number of amides is 1. The van der Waals surface area contributed by atoms with Crippen molar-refractivity contribution in [2.75, 3.05) is 13.6 Å². The third-order valence-corrected chi connectivity index (χ3v) is 8.01. The molecule has 1 saturated carbocycles. The van der Waals surface area contributed by atoms with Crippen LogP contribution in [0.15, 0.2) is 47.4 Å². The number of hydrogen-bond acceptors (Lipinski definition) is 3. The molecule has 0 aromatic heterocycles. The van der Waals surface area contributed by atoms with Crippen molar-refractivity contribution in [2.45, 2.75) is 56.5 Å². The molecular weight excluding hydrogens is 384 g/mol. The zero-order valence-corrected chi connectivity index (χ0v) is 18.1. The van der Waals surface area contributed by atoms with E-state index in [0.29, 0.717) is 0 Å². The summed E-state index contributed by atoms with van der Waals surface area (Å²) in [7, 11) is -2.21. The van der Waals surface area contributed by atoms with Gasteiger partial charge in [0.25, 0.3) is 0 Å². The Morgan fingerprint density at radius 2 is 1.76 bits per heavy atom. The van der Waals surface area contributed by atoms with Crippen molar-refractivity contribution >= 4 is 15.9 Å². The predicted molar refractivity (Wildman–Crippen MR) is 113 cm³/mol. The maximum absolute atomic E-state index is 13.3. The summed E-state index contributed by atoms with van der Waals surface area (Å²) in [6.07, 6.45) is 3.87. The standard InChI is InChI=1S/C23H28N2O3S/c1-16-8-12-20(14-17(16)2)29(27,28)24(3)15-23(26)25(19-10-11-19)22-13-9-18-6-4-5-7-21(18)22/h4-8,12,14,19,22H,9-11,13,15H2,1-3H3. The van der Waals surface area contributed by atoms with Crippen LogP contribution in [0, 0.1) is 13.8 Å². The summed E-state index contributed by atoms with van der Waals surface area (Å²) in [5, 5.41) is 0. The number of fused-ring (bicyclic) bond motifs is 1. The Kier molecular flexibility index (Phi) is 5.25. The van der Waals surface area contributed by atoms with Gasteiger partial charge in [-0.25, -0.2) is 8.42 Å². The number of benzene rings is 2. The highest BCUT2D eigenvalue weighted by molar-refractivity contribution is 7.89. The molecule has 4 rings (SSSR count). The molecule has 0 spiro atoms. The van der Waals surface area contributed by atoms with E-state index >= 15 is 0 Å². The maximum Gasteiger partial charge on any atom is 0.243 e. The number of carbonyl (C=O) groups is 1. The number of carbonyl (C=O) groups excluding carboxylic acids is 1. The summed E-state index contributed by atoms with van der Waals surface area (Å²) >= 11 is 0. The summed E-state index contributed by atoms with van der Waals surface area (Å²) in [5.74, 6) is -0.107. The van der Waals surface area contributed by atoms with Crippen LogP contribution in [-0.4, -0.2) is 43.2 Å². The van der Waals surface area contributed by atoms with Gasteiger partial charge in [0.1, 0.15) is 0 Å². The van der Waals surface area contributed by atoms with Gasteiger partial charge in [0.15, 0.2) is 0 Å². The van der Waals surface area contributed by atoms with Gasteiger partial charge in [-0.3, -0.25) is 4.79 Å². The molecule has 1 atom stereocenters. The lowest BCUT2D eigenvalue weighted by Gasteiger charge is -2.31. The molecule has 5 nitrogen and oxygen atoms in total. The summed E-state index contributed by atoms with van der Waals surface area (Å²) < 4.78 is 27.2. The molecule has 2 aliphatic rings. The summed E-state index contributed by atoms with van der Waals surface area (Å²) in [6, 6.07) is 13.7. The first-order valence-electron chi connectivity index (χ1n) is 10.2. The number of hydrogen-bond donors (Lipinski definition) is 0. The molecule has 6 heteroatoms. The van der Waals surface area contributed by atoms with Crippen LogP contribution < -0.4 is 0 Å². The highest BCUT2D eigenvalue weighted by atomic mass is 32.2. The quantitative estimate of drug-likeness (QED) is 0.728. The molecule has 0 N–H and O–H groups in total. The Morgan fingerprint density at radius 3 is 2.45 bits per heavy atom. The molecule has 154 valence electrons. The average Bonchev–Trinajstić information content (AvgIpc) is 3.43. The first-order chi connectivity index (χ1) is 13.8. The van der Waals surface area contributed by atoms with Gasteiger partial charge in [-0.05, 0) is 73.9 Å².